The van der Waals surface area contributed by atoms with Gasteiger partial charge >= 0.3 is 0 Å². The van der Waals surface area contributed by atoms with Crippen LogP contribution in [-0.2, 0) is 4.74 Å². The average Bonchev–Trinajstić information content (AvgIpc) is 2.62. The number of amides is 2. The van der Waals surface area contributed by atoms with Crippen LogP contribution in [0.4, 0.5) is 5.69 Å². The van der Waals surface area contributed by atoms with Crippen molar-refractivity contribution in [3.05, 3.63) is 59.9 Å². The van der Waals surface area contributed by atoms with Gasteiger partial charge in [0.25, 0.3) is 11.8 Å². The highest BCUT2D eigenvalue weighted by Crippen LogP contribution is 2.15. The molecule has 24 heavy (non-hydrogen) atoms. The van der Waals surface area contributed by atoms with Gasteiger partial charge in [-0.25, -0.2) is 0 Å². The van der Waals surface area contributed by atoms with Gasteiger partial charge in [0, 0.05) is 30.5 Å². The van der Waals surface area contributed by atoms with Crippen LogP contribution in [0.5, 0.6) is 0 Å². The molecular formula is C18H19N3O3. The van der Waals surface area contributed by atoms with Crippen molar-refractivity contribution in [2.45, 2.75) is 13.0 Å². The Morgan fingerprint density at radius 3 is 2.88 bits per heavy atom. The van der Waals surface area contributed by atoms with E-state index >= 15 is 0 Å². The van der Waals surface area contributed by atoms with Crippen LogP contribution in [-0.4, -0.2) is 47.5 Å². The molecule has 6 heteroatoms. The van der Waals surface area contributed by atoms with Crippen LogP contribution in [0, 0.1) is 0 Å². The van der Waals surface area contributed by atoms with Crippen molar-refractivity contribution >= 4 is 17.5 Å². The number of aromatic nitrogens is 1. The predicted octanol–water partition coefficient (Wildman–Crippen LogP) is 2.19. The first-order chi connectivity index (χ1) is 11.6. The molecule has 1 fully saturated rings. The molecule has 2 amide bonds. The Balaban J connectivity index is 1.72. The van der Waals surface area contributed by atoms with Gasteiger partial charge in [-0.1, -0.05) is 12.1 Å². The first-order valence-electron chi connectivity index (χ1n) is 7.87. The van der Waals surface area contributed by atoms with Gasteiger partial charge in [-0.2, -0.15) is 0 Å². The number of anilines is 1. The molecule has 2 heterocycles. The van der Waals surface area contributed by atoms with Gasteiger partial charge in [0.05, 0.1) is 12.7 Å². The fourth-order valence-corrected chi connectivity index (χ4v) is 2.61. The van der Waals surface area contributed by atoms with E-state index in [-0.39, 0.29) is 17.9 Å². The molecule has 1 aromatic carbocycles. The summed E-state index contributed by atoms with van der Waals surface area (Å²) in [5.74, 6) is -0.362. The minimum absolute atomic E-state index is 0.0368. The zero-order chi connectivity index (χ0) is 16.9. The Bertz CT molecular complexity index is 733. The smallest absolute Gasteiger partial charge is 0.274 e. The third-order valence-corrected chi connectivity index (χ3v) is 3.79. The lowest BCUT2D eigenvalue weighted by Gasteiger charge is -2.31. The highest BCUT2D eigenvalue weighted by Gasteiger charge is 2.22. The molecule has 1 aromatic heterocycles. The molecule has 1 unspecified atom stereocenters. The normalized spacial score (nSPS) is 17.4. The van der Waals surface area contributed by atoms with Crippen molar-refractivity contribution in [3.63, 3.8) is 0 Å². The summed E-state index contributed by atoms with van der Waals surface area (Å²) in [4.78, 5) is 30.5. The van der Waals surface area contributed by atoms with Gasteiger partial charge in [-0.15, -0.1) is 0 Å². The predicted molar refractivity (Wildman–Crippen MR) is 89.9 cm³/mol. The molecule has 1 aliphatic heterocycles. The van der Waals surface area contributed by atoms with Crippen molar-refractivity contribution in [2.24, 2.45) is 0 Å². The van der Waals surface area contributed by atoms with E-state index in [4.69, 9.17) is 4.74 Å². The monoisotopic (exact) mass is 325 g/mol. The van der Waals surface area contributed by atoms with Crippen LogP contribution < -0.4 is 5.32 Å². The van der Waals surface area contributed by atoms with Gasteiger partial charge in [-0.05, 0) is 37.3 Å². The summed E-state index contributed by atoms with van der Waals surface area (Å²) in [5.41, 5.74) is 1.44. The lowest BCUT2D eigenvalue weighted by molar-refractivity contribution is -0.0124. The van der Waals surface area contributed by atoms with Gasteiger partial charge in [0.1, 0.15) is 5.69 Å². The van der Waals surface area contributed by atoms with E-state index in [1.54, 1.807) is 53.6 Å². The van der Waals surface area contributed by atoms with Crippen molar-refractivity contribution in [1.29, 1.82) is 0 Å². The summed E-state index contributed by atoms with van der Waals surface area (Å²) in [5, 5.41) is 2.77. The number of benzene rings is 1. The summed E-state index contributed by atoms with van der Waals surface area (Å²) in [7, 11) is 0. The summed E-state index contributed by atoms with van der Waals surface area (Å²) < 4.78 is 5.46. The third kappa shape index (κ3) is 3.78. The summed E-state index contributed by atoms with van der Waals surface area (Å²) >= 11 is 0. The highest BCUT2D eigenvalue weighted by atomic mass is 16.5. The van der Waals surface area contributed by atoms with E-state index in [0.717, 1.165) is 0 Å². The lowest BCUT2D eigenvalue weighted by Crippen LogP contribution is -2.44. The Morgan fingerprint density at radius 1 is 1.25 bits per heavy atom. The van der Waals surface area contributed by atoms with E-state index < -0.39 is 0 Å². The van der Waals surface area contributed by atoms with Gasteiger partial charge < -0.3 is 15.0 Å². The number of rotatable bonds is 3. The Morgan fingerprint density at radius 2 is 2.12 bits per heavy atom. The van der Waals surface area contributed by atoms with E-state index in [1.807, 2.05) is 6.92 Å². The van der Waals surface area contributed by atoms with Crippen LogP contribution >= 0.6 is 0 Å². The molecule has 0 bridgehead atoms. The number of carbonyl (C=O) groups is 2. The van der Waals surface area contributed by atoms with E-state index in [9.17, 15) is 9.59 Å². The van der Waals surface area contributed by atoms with Crippen LogP contribution in [0.1, 0.15) is 27.8 Å². The minimum atomic E-state index is -0.305. The summed E-state index contributed by atoms with van der Waals surface area (Å²) in [6.45, 7) is 3.64. The van der Waals surface area contributed by atoms with Crippen molar-refractivity contribution in [1.82, 2.24) is 9.88 Å². The summed E-state index contributed by atoms with van der Waals surface area (Å²) in [6.07, 6.45) is 1.60. The minimum Gasteiger partial charge on any atom is -0.375 e. The van der Waals surface area contributed by atoms with Crippen LogP contribution in [0.25, 0.3) is 0 Å². The Kier molecular flexibility index (Phi) is 4.86. The molecular weight excluding hydrogens is 306 g/mol. The molecule has 1 saturated heterocycles. The molecule has 1 atom stereocenters. The van der Waals surface area contributed by atoms with E-state index in [1.165, 1.54) is 0 Å². The second-order valence-corrected chi connectivity index (χ2v) is 5.68. The molecule has 0 radical (unpaired) electrons. The maximum absolute atomic E-state index is 12.6. The SMILES string of the molecule is CC1CN(C(=O)c2cccc(NC(=O)c3ccccn3)c2)CCO1. The molecule has 3 rings (SSSR count). The second kappa shape index (κ2) is 7.23. The zero-order valence-corrected chi connectivity index (χ0v) is 13.4. The molecule has 0 saturated carbocycles. The van der Waals surface area contributed by atoms with Crippen LogP contribution in [0.3, 0.4) is 0 Å². The van der Waals surface area contributed by atoms with Gasteiger partial charge in [-0.3, -0.25) is 14.6 Å². The molecule has 124 valence electrons. The van der Waals surface area contributed by atoms with Crippen LogP contribution in [0.15, 0.2) is 48.7 Å². The van der Waals surface area contributed by atoms with Crippen molar-refractivity contribution in [2.75, 3.05) is 25.0 Å². The first-order valence-corrected chi connectivity index (χ1v) is 7.87. The molecule has 2 aromatic rings. The fourth-order valence-electron chi connectivity index (χ4n) is 2.61. The maximum Gasteiger partial charge on any atom is 0.274 e. The topological polar surface area (TPSA) is 71.5 Å². The average molecular weight is 325 g/mol. The number of hydrogen-bond acceptors (Lipinski definition) is 4. The highest BCUT2D eigenvalue weighted by molar-refractivity contribution is 6.03. The van der Waals surface area contributed by atoms with Gasteiger partial charge in [0.15, 0.2) is 0 Å². The molecule has 1 N–H and O–H groups in total. The number of carbonyl (C=O) groups excluding carboxylic acids is 2. The number of ether oxygens (including phenoxy) is 1. The molecule has 0 aliphatic carbocycles. The lowest BCUT2D eigenvalue weighted by atomic mass is 10.1. The number of pyridine rings is 1. The Hall–Kier alpha value is -2.73. The standard InChI is InChI=1S/C18H19N3O3/c1-13-12-21(9-10-24-13)18(23)14-5-4-6-15(11-14)20-17(22)16-7-2-3-8-19-16/h2-8,11,13H,9-10,12H2,1H3,(H,20,22). The van der Waals surface area contributed by atoms with E-state index in [2.05, 4.69) is 10.3 Å². The van der Waals surface area contributed by atoms with Crippen molar-refractivity contribution in [3.8, 4) is 0 Å². The maximum atomic E-state index is 12.6. The summed E-state index contributed by atoms with van der Waals surface area (Å²) in [6, 6.07) is 12.1. The molecule has 1 aliphatic rings. The fraction of sp³-hybridized carbons (Fsp3) is 0.278. The zero-order valence-electron chi connectivity index (χ0n) is 13.4. The number of hydrogen-bond donors (Lipinski definition) is 1. The van der Waals surface area contributed by atoms with Crippen molar-refractivity contribution < 1.29 is 14.3 Å². The second-order valence-electron chi connectivity index (χ2n) is 5.68. The number of nitrogens with zero attached hydrogens (tertiary/aromatic N) is 2. The number of morpholine rings is 1. The molecule has 0 spiro atoms. The number of nitrogens with one attached hydrogen (secondary N) is 1. The molecule has 6 nitrogen and oxygen atoms in total. The van der Waals surface area contributed by atoms with Gasteiger partial charge in [0.2, 0.25) is 0 Å². The first kappa shape index (κ1) is 16.1. The Labute approximate surface area is 140 Å². The largest absolute Gasteiger partial charge is 0.375 e. The quantitative estimate of drug-likeness (QED) is 0.939. The van der Waals surface area contributed by atoms with Crippen LogP contribution in [0.2, 0.25) is 0 Å². The van der Waals surface area contributed by atoms with E-state index in [0.29, 0.717) is 36.6 Å². The third-order valence-electron chi connectivity index (χ3n) is 3.79.